The summed E-state index contributed by atoms with van der Waals surface area (Å²) in [7, 11) is 0. The van der Waals surface area contributed by atoms with Crippen LogP contribution in [0.15, 0.2) is 0 Å². The minimum absolute atomic E-state index is 0. The molecule has 0 fully saturated rings. The molecule has 0 aliphatic heterocycles. The SMILES string of the molecule is CCOC(C)=O.O.[AlH3]. The number of ether oxygens (including phenoxy) is 1. The molecular weight excluding hydrogens is 123 g/mol. The fraction of sp³-hybridized carbons (Fsp3) is 0.750. The summed E-state index contributed by atoms with van der Waals surface area (Å²) >= 11 is 0. The molecule has 0 aromatic heterocycles. The molecule has 4 heteroatoms. The van der Waals surface area contributed by atoms with E-state index in [4.69, 9.17) is 0 Å². The van der Waals surface area contributed by atoms with E-state index in [1.807, 2.05) is 0 Å². The zero-order chi connectivity index (χ0) is 4.99. The van der Waals surface area contributed by atoms with Crippen molar-refractivity contribution in [1.82, 2.24) is 0 Å². The van der Waals surface area contributed by atoms with E-state index in [0.29, 0.717) is 6.61 Å². The summed E-state index contributed by atoms with van der Waals surface area (Å²) in [6.45, 7) is 3.65. The summed E-state index contributed by atoms with van der Waals surface area (Å²) in [6, 6.07) is 0. The van der Waals surface area contributed by atoms with Gasteiger partial charge in [-0.2, -0.15) is 0 Å². The van der Waals surface area contributed by atoms with Crippen molar-refractivity contribution < 1.29 is 15.0 Å². The molecule has 2 N–H and O–H groups in total. The molecular formula is C4H13AlO3. The van der Waals surface area contributed by atoms with Gasteiger partial charge in [-0.05, 0) is 6.92 Å². The second-order valence-electron chi connectivity index (χ2n) is 0.925. The Kier molecular flexibility index (Phi) is 19.7. The Balaban J connectivity index is -0.000000125. The molecule has 0 aliphatic carbocycles. The van der Waals surface area contributed by atoms with Crippen molar-refractivity contribution in [3.63, 3.8) is 0 Å². The lowest BCUT2D eigenvalue weighted by Crippen LogP contribution is -1.95. The van der Waals surface area contributed by atoms with Crippen molar-refractivity contribution in [3.05, 3.63) is 0 Å². The van der Waals surface area contributed by atoms with Gasteiger partial charge < -0.3 is 10.2 Å². The van der Waals surface area contributed by atoms with Crippen LogP contribution in [0.5, 0.6) is 0 Å². The zero-order valence-corrected chi connectivity index (χ0v) is 4.52. The summed E-state index contributed by atoms with van der Waals surface area (Å²) in [5, 5.41) is 0. The Bertz CT molecular complexity index is 55.2. The lowest BCUT2D eigenvalue weighted by Gasteiger charge is -1.89. The molecule has 0 atom stereocenters. The van der Waals surface area contributed by atoms with E-state index < -0.39 is 0 Å². The van der Waals surface area contributed by atoms with Gasteiger partial charge >= 0.3 is 5.97 Å². The first kappa shape index (κ1) is 15.7. The van der Waals surface area contributed by atoms with Crippen LogP contribution < -0.4 is 0 Å². The predicted molar refractivity (Wildman–Crippen MR) is 35.9 cm³/mol. The van der Waals surface area contributed by atoms with Crippen LogP contribution in [0.25, 0.3) is 0 Å². The molecule has 0 saturated carbocycles. The van der Waals surface area contributed by atoms with Crippen molar-refractivity contribution in [2.75, 3.05) is 6.61 Å². The molecule has 3 nitrogen and oxygen atoms in total. The number of carbonyl (C=O) groups excluding carboxylic acids is 1. The van der Waals surface area contributed by atoms with Crippen LogP contribution in [-0.4, -0.2) is 35.4 Å². The average molecular weight is 136 g/mol. The standard InChI is InChI=1S/C4H8O2.Al.H2O.3H/c1-3-6-4(2)5;;;;;/h3H2,1-2H3;;1H2;;;. The third kappa shape index (κ3) is 16.7. The smallest absolute Gasteiger partial charge is 0.302 e. The van der Waals surface area contributed by atoms with E-state index in [9.17, 15) is 4.79 Å². The second kappa shape index (κ2) is 10.1. The maximum Gasteiger partial charge on any atom is 0.302 e. The zero-order valence-electron chi connectivity index (χ0n) is 4.52. The number of rotatable bonds is 1. The molecule has 0 aromatic rings. The molecule has 0 heterocycles. The maximum atomic E-state index is 9.82. The number of esters is 1. The third-order valence-corrected chi connectivity index (χ3v) is 0.348. The summed E-state index contributed by atoms with van der Waals surface area (Å²) in [4.78, 5) is 9.82. The van der Waals surface area contributed by atoms with E-state index in [0.717, 1.165) is 0 Å². The Morgan fingerprint density at radius 1 is 1.62 bits per heavy atom. The fourth-order valence-corrected chi connectivity index (χ4v) is 0.203. The highest BCUT2D eigenvalue weighted by molar-refractivity contribution is 5.75. The number of hydrogen-bond acceptors (Lipinski definition) is 2. The molecule has 0 saturated heterocycles. The maximum absolute atomic E-state index is 9.82. The van der Waals surface area contributed by atoms with Crippen LogP contribution in [-0.2, 0) is 9.53 Å². The molecule has 0 unspecified atom stereocenters. The van der Waals surface area contributed by atoms with Crippen molar-refractivity contribution in [2.24, 2.45) is 0 Å². The number of hydrogen-bond donors (Lipinski definition) is 0. The molecule has 0 rings (SSSR count). The minimum Gasteiger partial charge on any atom is -0.466 e. The summed E-state index contributed by atoms with van der Waals surface area (Å²) in [6.07, 6.45) is 0. The highest BCUT2D eigenvalue weighted by Gasteiger charge is 1.81. The Hall–Kier alpha value is -0.0375. The Morgan fingerprint density at radius 3 is 2.00 bits per heavy atom. The topological polar surface area (TPSA) is 57.8 Å². The largest absolute Gasteiger partial charge is 0.466 e. The van der Waals surface area contributed by atoms with E-state index in [-0.39, 0.29) is 28.8 Å². The van der Waals surface area contributed by atoms with Crippen molar-refractivity contribution in [3.8, 4) is 0 Å². The molecule has 0 aliphatic rings. The molecule has 0 amide bonds. The first-order valence-electron chi connectivity index (χ1n) is 1.90. The Labute approximate surface area is 59.5 Å². The summed E-state index contributed by atoms with van der Waals surface area (Å²) in [5.74, 6) is -0.211. The van der Waals surface area contributed by atoms with Crippen molar-refractivity contribution >= 4 is 23.3 Å². The van der Waals surface area contributed by atoms with Gasteiger partial charge in [0.2, 0.25) is 0 Å². The average Bonchev–Trinajstić information content (AvgIpc) is 1.35. The molecule has 0 spiro atoms. The predicted octanol–water partition coefficient (Wildman–Crippen LogP) is -1.44. The first-order valence-corrected chi connectivity index (χ1v) is 1.90. The van der Waals surface area contributed by atoms with Crippen LogP contribution in [0.2, 0.25) is 0 Å². The van der Waals surface area contributed by atoms with Crippen molar-refractivity contribution in [1.29, 1.82) is 0 Å². The van der Waals surface area contributed by atoms with Crippen molar-refractivity contribution in [2.45, 2.75) is 13.8 Å². The normalized spacial score (nSPS) is 5.75. The van der Waals surface area contributed by atoms with Crippen LogP contribution in [0, 0.1) is 0 Å². The highest BCUT2D eigenvalue weighted by Crippen LogP contribution is 1.69. The fourth-order valence-electron chi connectivity index (χ4n) is 0.203. The first-order chi connectivity index (χ1) is 2.77. The van der Waals surface area contributed by atoms with Crippen LogP contribution in [0.1, 0.15) is 13.8 Å². The van der Waals surface area contributed by atoms with E-state index >= 15 is 0 Å². The molecule has 0 bridgehead atoms. The quantitative estimate of drug-likeness (QED) is 0.327. The van der Waals surface area contributed by atoms with Gasteiger partial charge in [0, 0.05) is 6.92 Å². The molecule has 8 heavy (non-hydrogen) atoms. The van der Waals surface area contributed by atoms with Crippen LogP contribution >= 0.6 is 0 Å². The minimum atomic E-state index is -0.211. The van der Waals surface area contributed by atoms with Gasteiger partial charge in [0.1, 0.15) is 0 Å². The van der Waals surface area contributed by atoms with Gasteiger partial charge in [-0.15, -0.1) is 0 Å². The third-order valence-electron chi connectivity index (χ3n) is 0.348. The molecule has 50 valence electrons. The van der Waals surface area contributed by atoms with Crippen LogP contribution in [0.3, 0.4) is 0 Å². The van der Waals surface area contributed by atoms with Crippen LogP contribution in [0.4, 0.5) is 0 Å². The van der Waals surface area contributed by atoms with Gasteiger partial charge in [-0.3, -0.25) is 4.79 Å². The summed E-state index contributed by atoms with van der Waals surface area (Å²) in [5.41, 5.74) is 0. The monoisotopic (exact) mass is 136 g/mol. The van der Waals surface area contributed by atoms with E-state index in [2.05, 4.69) is 4.74 Å². The highest BCUT2D eigenvalue weighted by atomic mass is 27.0. The molecule has 0 aromatic carbocycles. The van der Waals surface area contributed by atoms with Gasteiger partial charge in [0.25, 0.3) is 0 Å². The Morgan fingerprint density at radius 2 is 2.00 bits per heavy atom. The lowest BCUT2D eigenvalue weighted by molar-refractivity contribution is -0.140. The van der Waals surface area contributed by atoms with E-state index in [1.165, 1.54) is 6.92 Å². The van der Waals surface area contributed by atoms with Gasteiger partial charge in [0.05, 0.1) is 6.61 Å². The lowest BCUT2D eigenvalue weighted by atomic mass is 10.8. The number of carbonyl (C=O) groups is 1. The second-order valence-corrected chi connectivity index (χ2v) is 0.925. The van der Waals surface area contributed by atoms with Gasteiger partial charge in [-0.25, -0.2) is 0 Å². The molecule has 0 radical (unpaired) electrons. The summed E-state index contributed by atoms with van der Waals surface area (Å²) < 4.78 is 4.40. The van der Waals surface area contributed by atoms with Gasteiger partial charge in [0.15, 0.2) is 17.4 Å². The van der Waals surface area contributed by atoms with Gasteiger partial charge in [-0.1, -0.05) is 0 Å². The van der Waals surface area contributed by atoms with E-state index in [1.54, 1.807) is 6.92 Å².